The number of aromatic nitrogens is 2. The summed E-state index contributed by atoms with van der Waals surface area (Å²) in [5.74, 6) is 0.649. The van der Waals surface area contributed by atoms with Gasteiger partial charge >= 0.3 is 0 Å². The Bertz CT molecular complexity index is 694. The van der Waals surface area contributed by atoms with E-state index in [2.05, 4.69) is 9.97 Å². The van der Waals surface area contributed by atoms with Crippen molar-refractivity contribution in [3.05, 3.63) is 58.6 Å². The van der Waals surface area contributed by atoms with Crippen LogP contribution in [0, 0.1) is 6.92 Å². The summed E-state index contributed by atoms with van der Waals surface area (Å²) in [5.41, 5.74) is 3.16. The lowest BCUT2D eigenvalue weighted by Gasteiger charge is -2.31. The minimum Gasteiger partial charge on any atom is -0.343 e. The first kappa shape index (κ1) is 16.9. The number of halogens is 1. The van der Waals surface area contributed by atoms with E-state index in [0.29, 0.717) is 12.3 Å². The molecule has 0 N–H and O–H groups in total. The summed E-state index contributed by atoms with van der Waals surface area (Å²) in [5, 5.41) is 0.728. The number of nitrogens with zero attached hydrogens (tertiary/aromatic N) is 3. The molecule has 24 heavy (non-hydrogen) atoms. The predicted octanol–water partition coefficient (Wildman–Crippen LogP) is 3.78. The standard InChI is InChI=1S/C19H22ClN3O/c1-14-12-21-13-18(22-14)16-8-10-23(11-9-16)19(24)7-4-15-2-5-17(20)6-3-15/h2-3,5-6,12-13,16H,4,7-11H2,1H3. The number of likely N-dealkylation sites (tertiary alicyclic amines) is 1. The number of carbonyl (C=O) groups is 1. The number of rotatable bonds is 4. The lowest BCUT2D eigenvalue weighted by Crippen LogP contribution is -2.38. The molecule has 1 aromatic carbocycles. The average Bonchev–Trinajstić information content (AvgIpc) is 2.61. The van der Waals surface area contributed by atoms with Gasteiger partial charge in [0.05, 0.1) is 11.4 Å². The molecular formula is C19H22ClN3O. The van der Waals surface area contributed by atoms with Crippen LogP contribution in [0.2, 0.25) is 5.02 Å². The van der Waals surface area contributed by atoms with Crippen molar-refractivity contribution in [2.24, 2.45) is 0 Å². The van der Waals surface area contributed by atoms with Gasteiger partial charge in [0.15, 0.2) is 0 Å². The molecule has 0 radical (unpaired) electrons. The Labute approximate surface area is 147 Å². The van der Waals surface area contributed by atoms with Crippen LogP contribution < -0.4 is 0 Å². The van der Waals surface area contributed by atoms with E-state index in [9.17, 15) is 4.79 Å². The van der Waals surface area contributed by atoms with Gasteiger partial charge in [0.1, 0.15) is 0 Å². The Morgan fingerprint density at radius 2 is 1.92 bits per heavy atom. The van der Waals surface area contributed by atoms with Crippen LogP contribution in [0.15, 0.2) is 36.7 Å². The van der Waals surface area contributed by atoms with Crippen molar-refractivity contribution in [3.8, 4) is 0 Å². The van der Waals surface area contributed by atoms with Gasteiger partial charge in [-0.3, -0.25) is 14.8 Å². The maximum atomic E-state index is 12.4. The monoisotopic (exact) mass is 343 g/mol. The molecule has 0 spiro atoms. The Kier molecular flexibility index (Phi) is 5.46. The third kappa shape index (κ3) is 4.32. The summed E-state index contributed by atoms with van der Waals surface area (Å²) in [6.45, 7) is 3.57. The van der Waals surface area contributed by atoms with E-state index < -0.39 is 0 Å². The van der Waals surface area contributed by atoms with Crippen LogP contribution in [-0.2, 0) is 11.2 Å². The molecule has 3 rings (SSSR count). The second-order valence-corrected chi connectivity index (χ2v) is 6.80. The van der Waals surface area contributed by atoms with E-state index in [1.807, 2.05) is 42.3 Å². The first-order valence-corrected chi connectivity index (χ1v) is 8.80. The molecule has 0 unspecified atom stereocenters. The van der Waals surface area contributed by atoms with Crippen molar-refractivity contribution < 1.29 is 4.79 Å². The molecule has 2 aromatic rings. The zero-order chi connectivity index (χ0) is 16.9. The predicted molar refractivity (Wildman–Crippen MR) is 95.1 cm³/mol. The highest BCUT2D eigenvalue weighted by atomic mass is 35.5. The molecule has 4 nitrogen and oxygen atoms in total. The number of benzene rings is 1. The molecule has 0 bridgehead atoms. The summed E-state index contributed by atoms with van der Waals surface area (Å²) in [7, 11) is 0. The van der Waals surface area contributed by atoms with E-state index >= 15 is 0 Å². The van der Waals surface area contributed by atoms with E-state index in [1.165, 1.54) is 0 Å². The quantitative estimate of drug-likeness (QED) is 0.848. The largest absolute Gasteiger partial charge is 0.343 e. The van der Waals surface area contributed by atoms with Crippen molar-refractivity contribution in [2.75, 3.05) is 13.1 Å². The number of aryl methyl sites for hydroxylation is 2. The first-order valence-electron chi connectivity index (χ1n) is 8.42. The normalized spacial score (nSPS) is 15.5. The number of hydrogen-bond donors (Lipinski definition) is 0. The van der Waals surface area contributed by atoms with E-state index in [1.54, 1.807) is 6.20 Å². The Hall–Kier alpha value is -1.94. The fourth-order valence-electron chi connectivity index (χ4n) is 3.16. The minimum atomic E-state index is 0.235. The van der Waals surface area contributed by atoms with Crippen molar-refractivity contribution in [2.45, 2.75) is 38.5 Å². The highest BCUT2D eigenvalue weighted by Crippen LogP contribution is 2.26. The topological polar surface area (TPSA) is 46.1 Å². The molecule has 1 saturated heterocycles. The summed E-state index contributed by atoms with van der Waals surface area (Å²) >= 11 is 5.89. The van der Waals surface area contributed by atoms with E-state index in [0.717, 1.165) is 54.3 Å². The number of carbonyl (C=O) groups excluding carboxylic acids is 1. The van der Waals surface area contributed by atoms with Gasteiger partial charge in [-0.2, -0.15) is 0 Å². The zero-order valence-corrected chi connectivity index (χ0v) is 14.7. The van der Waals surface area contributed by atoms with Gasteiger partial charge in [-0.25, -0.2) is 0 Å². The first-order chi connectivity index (χ1) is 11.6. The zero-order valence-electron chi connectivity index (χ0n) is 13.9. The van der Waals surface area contributed by atoms with Crippen molar-refractivity contribution in [3.63, 3.8) is 0 Å². The summed E-state index contributed by atoms with van der Waals surface area (Å²) in [6, 6.07) is 7.71. The smallest absolute Gasteiger partial charge is 0.222 e. The molecule has 1 aliphatic heterocycles. The van der Waals surface area contributed by atoms with Crippen LogP contribution in [0.4, 0.5) is 0 Å². The van der Waals surface area contributed by atoms with Crippen LogP contribution in [-0.4, -0.2) is 33.9 Å². The van der Waals surface area contributed by atoms with Crippen molar-refractivity contribution in [1.82, 2.24) is 14.9 Å². The minimum absolute atomic E-state index is 0.235. The van der Waals surface area contributed by atoms with Crippen molar-refractivity contribution in [1.29, 1.82) is 0 Å². The maximum Gasteiger partial charge on any atom is 0.222 e. The van der Waals surface area contributed by atoms with Gasteiger partial charge in [0.25, 0.3) is 0 Å². The fourth-order valence-corrected chi connectivity index (χ4v) is 3.29. The van der Waals surface area contributed by atoms with Crippen LogP contribution in [0.3, 0.4) is 0 Å². The highest BCUT2D eigenvalue weighted by molar-refractivity contribution is 6.30. The highest BCUT2D eigenvalue weighted by Gasteiger charge is 2.24. The van der Waals surface area contributed by atoms with Gasteiger partial charge in [0.2, 0.25) is 5.91 Å². The molecule has 0 atom stereocenters. The molecule has 1 fully saturated rings. The molecular weight excluding hydrogens is 322 g/mol. The Balaban J connectivity index is 1.49. The second-order valence-electron chi connectivity index (χ2n) is 6.37. The number of piperidine rings is 1. The van der Waals surface area contributed by atoms with Crippen LogP contribution in [0.1, 0.15) is 42.1 Å². The Morgan fingerprint density at radius 3 is 2.58 bits per heavy atom. The van der Waals surface area contributed by atoms with Crippen LogP contribution in [0.5, 0.6) is 0 Å². The fraction of sp³-hybridized carbons (Fsp3) is 0.421. The van der Waals surface area contributed by atoms with Gasteiger partial charge in [-0.1, -0.05) is 23.7 Å². The van der Waals surface area contributed by atoms with E-state index in [-0.39, 0.29) is 5.91 Å². The lowest BCUT2D eigenvalue weighted by molar-refractivity contribution is -0.132. The van der Waals surface area contributed by atoms with Gasteiger partial charge in [-0.15, -0.1) is 0 Å². The van der Waals surface area contributed by atoms with Crippen LogP contribution in [0.25, 0.3) is 0 Å². The second kappa shape index (κ2) is 7.75. The Morgan fingerprint density at radius 1 is 1.21 bits per heavy atom. The van der Waals surface area contributed by atoms with Gasteiger partial charge in [0, 0.05) is 42.8 Å². The average molecular weight is 344 g/mol. The molecule has 1 aromatic heterocycles. The lowest BCUT2D eigenvalue weighted by atomic mass is 9.93. The van der Waals surface area contributed by atoms with Gasteiger partial charge < -0.3 is 4.90 Å². The van der Waals surface area contributed by atoms with Gasteiger partial charge in [-0.05, 0) is 43.9 Å². The van der Waals surface area contributed by atoms with Crippen LogP contribution >= 0.6 is 11.6 Å². The third-order valence-electron chi connectivity index (χ3n) is 4.58. The molecule has 1 aliphatic rings. The number of hydrogen-bond acceptors (Lipinski definition) is 3. The maximum absolute atomic E-state index is 12.4. The number of amides is 1. The summed E-state index contributed by atoms with van der Waals surface area (Å²) in [6.07, 6.45) is 6.88. The third-order valence-corrected chi connectivity index (χ3v) is 4.83. The molecule has 126 valence electrons. The SMILES string of the molecule is Cc1cncc(C2CCN(C(=O)CCc3ccc(Cl)cc3)CC2)n1. The molecule has 0 saturated carbocycles. The van der Waals surface area contributed by atoms with E-state index in [4.69, 9.17) is 11.6 Å². The molecule has 2 heterocycles. The molecule has 5 heteroatoms. The van der Waals surface area contributed by atoms with Crippen molar-refractivity contribution >= 4 is 17.5 Å². The molecule has 1 amide bonds. The summed E-state index contributed by atoms with van der Waals surface area (Å²) < 4.78 is 0. The molecule has 0 aliphatic carbocycles. The summed E-state index contributed by atoms with van der Waals surface area (Å²) in [4.78, 5) is 23.2.